The second kappa shape index (κ2) is 4.59. The van der Waals surface area contributed by atoms with Crippen molar-refractivity contribution in [1.82, 2.24) is 5.16 Å². The Balaban J connectivity index is 2.71. The summed E-state index contributed by atoms with van der Waals surface area (Å²) in [7, 11) is -3.47. The topological polar surface area (TPSA) is 86.2 Å². The highest BCUT2D eigenvalue weighted by atomic mass is 32.2. The second-order valence-corrected chi connectivity index (χ2v) is 7.63. The van der Waals surface area contributed by atoms with Gasteiger partial charge < -0.3 is 10.3 Å². The Bertz CT molecular complexity index is 751. The number of hydrogen-bond donors (Lipinski definition) is 1. The Kier molecular flexibility index (Phi) is 3.33. The maximum absolute atomic E-state index is 13.3. The molecule has 0 saturated heterocycles. The first kappa shape index (κ1) is 14.5. The monoisotopic (exact) mass is 298 g/mol. The Morgan fingerprint density at radius 1 is 1.35 bits per heavy atom. The third-order valence-corrected chi connectivity index (χ3v) is 5.34. The third-order valence-electron chi connectivity index (χ3n) is 3.31. The van der Waals surface area contributed by atoms with Crippen LogP contribution in [0.25, 0.3) is 11.1 Å². The minimum atomic E-state index is -3.47. The number of nitrogens with two attached hydrogens (primary N) is 1. The van der Waals surface area contributed by atoms with Gasteiger partial charge in [-0.15, -0.1) is 0 Å². The summed E-state index contributed by atoms with van der Waals surface area (Å²) < 4.78 is 40.9. The predicted octanol–water partition coefficient (Wildman–Crippen LogP) is 2.34. The van der Waals surface area contributed by atoms with E-state index in [1.807, 2.05) is 0 Å². The molecule has 0 fully saturated rings. The molecule has 0 aliphatic rings. The van der Waals surface area contributed by atoms with E-state index in [1.54, 1.807) is 6.07 Å². The molecule has 2 aromatic rings. The van der Waals surface area contributed by atoms with E-state index in [4.69, 9.17) is 10.3 Å². The molecule has 108 valence electrons. The van der Waals surface area contributed by atoms with Gasteiger partial charge in [0.05, 0.1) is 5.56 Å². The van der Waals surface area contributed by atoms with Crippen LogP contribution in [-0.2, 0) is 14.6 Å². The molecular formula is C13H15FN2O3S. The third kappa shape index (κ3) is 2.29. The van der Waals surface area contributed by atoms with Crippen molar-refractivity contribution in [3.63, 3.8) is 0 Å². The summed E-state index contributed by atoms with van der Waals surface area (Å²) in [6.45, 7) is 2.98. The molecule has 5 nitrogen and oxygen atoms in total. The van der Waals surface area contributed by atoms with Crippen molar-refractivity contribution in [2.45, 2.75) is 18.6 Å². The van der Waals surface area contributed by atoms with Gasteiger partial charge in [-0.1, -0.05) is 17.3 Å². The van der Waals surface area contributed by atoms with E-state index < -0.39 is 20.4 Å². The Hall–Kier alpha value is -1.89. The van der Waals surface area contributed by atoms with Crippen LogP contribution < -0.4 is 5.73 Å². The fourth-order valence-electron chi connectivity index (χ4n) is 1.80. The molecular weight excluding hydrogens is 283 g/mol. The van der Waals surface area contributed by atoms with Gasteiger partial charge in [-0.05, 0) is 31.5 Å². The number of benzene rings is 1. The molecule has 0 amide bonds. The molecule has 0 spiro atoms. The lowest BCUT2D eigenvalue weighted by atomic mass is 9.99. The molecule has 7 heteroatoms. The number of nitrogen functional groups attached to an aromatic ring is 1. The fourth-order valence-corrected chi connectivity index (χ4v) is 2.28. The summed E-state index contributed by atoms with van der Waals surface area (Å²) >= 11 is 0. The minimum absolute atomic E-state index is 0.0299. The molecule has 0 bridgehead atoms. The molecule has 0 aliphatic heterocycles. The summed E-state index contributed by atoms with van der Waals surface area (Å²) in [5.74, 6) is -0.323. The van der Waals surface area contributed by atoms with Crippen molar-refractivity contribution in [3.8, 4) is 11.1 Å². The number of nitrogens with zero attached hydrogens (tertiary/aromatic N) is 1. The van der Waals surface area contributed by atoms with Gasteiger partial charge in [-0.25, -0.2) is 12.8 Å². The standard InChI is InChI=1S/C13H15FN2O3S/c1-13(2,20(3,17)18)11-10(12(15)16-19-11)8-5-4-6-9(14)7-8/h4-7H,1-3H3,(H2,15,16). The van der Waals surface area contributed by atoms with E-state index in [1.165, 1.54) is 32.0 Å². The van der Waals surface area contributed by atoms with Crippen LogP contribution in [-0.4, -0.2) is 19.8 Å². The molecule has 1 heterocycles. The Labute approximate surface area is 116 Å². The first-order valence-corrected chi connectivity index (χ1v) is 7.75. The molecule has 20 heavy (non-hydrogen) atoms. The van der Waals surface area contributed by atoms with E-state index in [-0.39, 0.29) is 11.6 Å². The van der Waals surface area contributed by atoms with Crippen LogP contribution in [0.2, 0.25) is 0 Å². The van der Waals surface area contributed by atoms with E-state index in [9.17, 15) is 12.8 Å². The summed E-state index contributed by atoms with van der Waals surface area (Å²) in [6, 6.07) is 5.67. The minimum Gasteiger partial charge on any atom is -0.380 e. The van der Waals surface area contributed by atoms with E-state index in [0.717, 1.165) is 6.26 Å². The summed E-state index contributed by atoms with van der Waals surface area (Å²) in [5, 5.41) is 3.62. The molecule has 0 saturated carbocycles. The number of hydrogen-bond acceptors (Lipinski definition) is 5. The van der Waals surface area contributed by atoms with Crippen LogP contribution in [0.1, 0.15) is 19.6 Å². The largest absolute Gasteiger partial charge is 0.380 e. The molecule has 2 N–H and O–H groups in total. The maximum Gasteiger partial charge on any atom is 0.175 e. The zero-order chi connectivity index (χ0) is 15.1. The lowest BCUT2D eigenvalue weighted by Gasteiger charge is -2.20. The van der Waals surface area contributed by atoms with Gasteiger partial charge in [0.15, 0.2) is 21.4 Å². The predicted molar refractivity (Wildman–Crippen MR) is 74.2 cm³/mol. The van der Waals surface area contributed by atoms with Gasteiger partial charge >= 0.3 is 0 Å². The van der Waals surface area contributed by atoms with Gasteiger partial charge in [-0.2, -0.15) is 0 Å². The van der Waals surface area contributed by atoms with Crippen LogP contribution in [0.15, 0.2) is 28.8 Å². The van der Waals surface area contributed by atoms with E-state index in [0.29, 0.717) is 11.1 Å². The molecule has 1 aromatic heterocycles. The quantitative estimate of drug-likeness (QED) is 0.940. The summed E-state index contributed by atoms with van der Waals surface area (Å²) in [4.78, 5) is 0. The average Bonchev–Trinajstić information content (AvgIpc) is 2.70. The Morgan fingerprint density at radius 3 is 2.55 bits per heavy atom. The number of aromatic nitrogens is 1. The van der Waals surface area contributed by atoms with Gasteiger partial charge in [0.25, 0.3) is 0 Å². The maximum atomic E-state index is 13.3. The highest BCUT2D eigenvalue weighted by Gasteiger charge is 2.39. The van der Waals surface area contributed by atoms with Gasteiger partial charge in [0.1, 0.15) is 10.6 Å². The SMILES string of the molecule is CC(C)(c1onc(N)c1-c1cccc(F)c1)S(C)(=O)=O. The van der Waals surface area contributed by atoms with Crippen molar-refractivity contribution in [2.75, 3.05) is 12.0 Å². The number of rotatable bonds is 3. The van der Waals surface area contributed by atoms with Gasteiger partial charge in [0, 0.05) is 6.26 Å². The van der Waals surface area contributed by atoms with Crippen LogP contribution in [0.3, 0.4) is 0 Å². The highest BCUT2D eigenvalue weighted by molar-refractivity contribution is 7.91. The highest BCUT2D eigenvalue weighted by Crippen LogP contribution is 2.39. The fraction of sp³-hybridized carbons (Fsp3) is 0.308. The van der Waals surface area contributed by atoms with E-state index in [2.05, 4.69) is 5.16 Å². The van der Waals surface area contributed by atoms with Crippen molar-refractivity contribution in [2.24, 2.45) is 0 Å². The zero-order valence-corrected chi connectivity index (χ0v) is 12.2. The molecule has 0 atom stereocenters. The normalized spacial score (nSPS) is 12.6. The smallest absolute Gasteiger partial charge is 0.175 e. The zero-order valence-electron chi connectivity index (χ0n) is 11.3. The van der Waals surface area contributed by atoms with Crippen LogP contribution in [0.4, 0.5) is 10.2 Å². The van der Waals surface area contributed by atoms with Crippen molar-refractivity contribution in [1.29, 1.82) is 0 Å². The first-order chi connectivity index (χ1) is 9.14. The number of anilines is 1. The van der Waals surface area contributed by atoms with E-state index >= 15 is 0 Å². The Morgan fingerprint density at radius 2 is 2.00 bits per heavy atom. The van der Waals surface area contributed by atoms with Crippen molar-refractivity contribution >= 4 is 15.7 Å². The first-order valence-electron chi connectivity index (χ1n) is 5.86. The summed E-state index contributed by atoms with van der Waals surface area (Å²) in [5.41, 5.74) is 6.47. The molecule has 0 unspecified atom stereocenters. The second-order valence-electron chi connectivity index (χ2n) is 5.06. The molecule has 0 radical (unpaired) electrons. The van der Waals surface area contributed by atoms with Crippen LogP contribution in [0, 0.1) is 5.82 Å². The molecule has 1 aromatic carbocycles. The lowest BCUT2D eigenvalue weighted by Crippen LogP contribution is -2.28. The van der Waals surface area contributed by atoms with Crippen LogP contribution >= 0.6 is 0 Å². The van der Waals surface area contributed by atoms with Gasteiger partial charge in [-0.3, -0.25) is 0 Å². The number of sulfone groups is 1. The molecule has 0 aliphatic carbocycles. The number of halogens is 1. The van der Waals surface area contributed by atoms with Crippen molar-refractivity contribution in [3.05, 3.63) is 35.8 Å². The van der Waals surface area contributed by atoms with Crippen molar-refractivity contribution < 1.29 is 17.3 Å². The van der Waals surface area contributed by atoms with Crippen LogP contribution in [0.5, 0.6) is 0 Å². The molecule has 2 rings (SSSR count). The van der Waals surface area contributed by atoms with Gasteiger partial charge in [0.2, 0.25) is 0 Å². The average molecular weight is 298 g/mol. The summed E-state index contributed by atoms with van der Waals surface area (Å²) in [6.07, 6.45) is 1.10. The lowest BCUT2D eigenvalue weighted by molar-refractivity contribution is 0.357.